The minimum atomic E-state index is -4.68. The third-order valence-electron chi connectivity index (χ3n) is 3.88. The van der Waals surface area contributed by atoms with E-state index >= 15 is 4.39 Å². The summed E-state index contributed by atoms with van der Waals surface area (Å²) in [5.41, 5.74) is -0.546. The fraction of sp³-hybridized carbons (Fsp3) is 0.200. The summed E-state index contributed by atoms with van der Waals surface area (Å²) in [4.78, 5) is 7.65. The van der Waals surface area contributed by atoms with E-state index in [0.717, 1.165) is 29.8 Å². The topological polar surface area (TPSA) is 67.6 Å². The number of nitrogens with zero attached hydrogens (tertiary/aromatic N) is 4. The van der Waals surface area contributed by atoms with Crippen molar-refractivity contribution in [1.82, 2.24) is 18.7 Å². The third-order valence-corrected chi connectivity index (χ3v) is 5.95. The first-order valence-corrected chi connectivity index (χ1v) is 9.01. The van der Waals surface area contributed by atoms with E-state index in [2.05, 4.69) is 9.97 Å². The van der Waals surface area contributed by atoms with Crippen LogP contribution in [-0.2, 0) is 15.8 Å². The second-order valence-electron chi connectivity index (χ2n) is 5.34. The predicted octanol–water partition coefficient (Wildman–Crippen LogP) is 3.09. The zero-order valence-corrected chi connectivity index (χ0v) is 14.8. The van der Waals surface area contributed by atoms with E-state index in [4.69, 9.17) is 11.6 Å². The van der Waals surface area contributed by atoms with Crippen molar-refractivity contribution in [3.63, 3.8) is 0 Å². The van der Waals surface area contributed by atoms with Gasteiger partial charge in [0.05, 0.1) is 6.20 Å². The van der Waals surface area contributed by atoms with Gasteiger partial charge in [-0.05, 0) is 18.2 Å². The van der Waals surface area contributed by atoms with Gasteiger partial charge in [0.2, 0.25) is 5.78 Å². The number of imidazole rings is 1. The van der Waals surface area contributed by atoms with Gasteiger partial charge in [-0.15, -0.1) is 0 Å². The molecule has 0 aliphatic rings. The van der Waals surface area contributed by atoms with Gasteiger partial charge in [0, 0.05) is 30.0 Å². The maximum atomic E-state index is 15.4. The average Bonchev–Trinajstić information content (AvgIpc) is 3.05. The van der Waals surface area contributed by atoms with Gasteiger partial charge in [0.25, 0.3) is 22.2 Å². The maximum absolute atomic E-state index is 15.4. The van der Waals surface area contributed by atoms with Crippen molar-refractivity contribution in [3.05, 3.63) is 59.5 Å². The van der Waals surface area contributed by atoms with Crippen LogP contribution >= 0.6 is 11.6 Å². The maximum Gasteiger partial charge on any atom is 0.290 e. The number of hydrogen-bond donors (Lipinski definition) is 0. The van der Waals surface area contributed by atoms with E-state index in [9.17, 15) is 17.2 Å². The Labute approximate surface area is 151 Å². The Morgan fingerprint density at radius 2 is 1.88 bits per heavy atom. The number of alkyl halides is 3. The van der Waals surface area contributed by atoms with E-state index in [1.807, 2.05) is 0 Å². The summed E-state index contributed by atoms with van der Waals surface area (Å²) < 4.78 is 69.4. The number of hydrogen-bond acceptors (Lipinski definition) is 4. The molecular formula is C15H12ClF3N4O2S. The molecule has 1 aromatic carbocycles. The molecule has 0 fully saturated rings. The fourth-order valence-electron chi connectivity index (χ4n) is 2.44. The molecule has 26 heavy (non-hydrogen) atoms. The second-order valence-corrected chi connectivity index (χ2v) is 7.69. The number of benzene rings is 1. The molecule has 2 heterocycles. The van der Waals surface area contributed by atoms with Crippen LogP contribution in [0.3, 0.4) is 0 Å². The Kier molecular flexibility index (Phi) is 4.67. The van der Waals surface area contributed by atoms with E-state index in [-0.39, 0.29) is 15.1 Å². The number of aromatic nitrogens is 3. The summed E-state index contributed by atoms with van der Waals surface area (Å²) in [5.74, 6) is -3.57. The van der Waals surface area contributed by atoms with Gasteiger partial charge >= 0.3 is 0 Å². The van der Waals surface area contributed by atoms with Gasteiger partial charge in [-0.25, -0.2) is 31.6 Å². The summed E-state index contributed by atoms with van der Waals surface area (Å²) in [6.07, 6.45) is -0.00196. The van der Waals surface area contributed by atoms with E-state index in [0.29, 0.717) is 0 Å². The lowest BCUT2D eigenvalue weighted by atomic mass is 10.1. The lowest BCUT2D eigenvalue weighted by Crippen LogP contribution is -2.49. The second kappa shape index (κ2) is 6.53. The number of halogens is 4. The standard InChI is InChI=1S/C15H12ClF3N4O2S/c1-22(15(19,13(17)18)10-3-5-11(16)6-4-10)26(24,25)12-9-21-14-20-7-2-8-23(12)14/h2-9,13H,1H3. The largest absolute Gasteiger partial charge is 0.290 e. The van der Waals surface area contributed by atoms with Gasteiger partial charge in [0.1, 0.15) is 0 Å². The molecule has 0 spiro atoms. The molecule has 0 aliphatic carbocycles. The zero-order valence-electron chi connectivity index (χ0n) is 13.2. The highest BCUT2D eigenvalue weighted by Gasteiger charge is 2.52. The fourth-order valence-corrected chi connectivity index (χ4v) is 3.96. The molecule has 0 radical (unpaired) electrons. The van der Waals surface area contributed by atoms with Crippen molar-refractivity contribution >= 4 is 27.4 Å². The molecule has 0 N–H and O–H groups in total. The van der Waals surface area contributed by atoms with Crippen molar-refractivity contribution < 1.29 is 21.6 Å². The Hall–Kier alpha value is -2.17. The first-order chi connectivity index (χ1) is 12.2. The Morgan fingerprint density at radius 1 is 1.23 bits per heavy atom. The van der Waals surface area contributed by atoms with Gasteiger partial charge in [-0.3, -0.25) is 4.40 Å². The summed E-state index contributed by atoms with van der Waals surface area (Å²) in [5, 5.41) is -0.288. The highest BCUT2D eigenvalue weighted by atomic mass is 35.5. The van der Waals surface area contributed by atoms with Gasteiger partial charge in [0.15, 0.2) is 5.03 Å². The minimum absolute atomic E-state index is 0.00957. The number of sulfonamides is 1. The molecule has 11 heteroatoms. The predicted molar refractivity (Wildman–Crippen MR) is 88.2 cm³/mol. The monoisotopic (exact) mass is 404 g/mol. The molecule has 0 amide bonds. The van der Waals surface area contributed by atoms with Crippen LogP contribution in [0.4, 0.5) is 13.2 Å². The molecule has 138 valence electrons. The van der Waals surface area contributed by atoms with E-state index in [1.165, 1.54) is 30.6 Å². The molecule has 0 saturated heterocycles. The highest BCUT2D eigenvalue weighted by Crippen LogP contribution is 2.39. The van der Waals surface area contributed by atoms with E-state index in [1.54, 1.807) is 0 Å². The molecule has 3 rings (SSSR count). The lowest BCUT2D eigenvalue weighted by Gasteiger charge is -2.33. The summed E-state index contributed by atoms with van der Waals surface area (Å²) >= 11 is 5.70. The molecular weight excluding hydrogens is 393 g/mol. The van der Waals surface area contributed by atoms with E-state index < -0.39 is 32.8 Å². The first-order valence-electron chi connectivity index (χ1n) is 7.19. The Balaban J connectivity index is 2.14. The van der Waals surface area contributed by atoms with Crippen LogP contribution in [0, 0.1) is 0 Å². The van der Waals surface area contributed by atoms with Crippen LogP contribution in [0.15, 0.2) is 53.9 Å². The summed E-state index contributed by atoms with van der Waals surface area (Å²) in [6.45, 7) is 0. The minimum Gasteiger partial charge on any atom is -0.273 e. The smallest absolute Gasteiger partial charge is 0.273 e. The number of rotatable bonds is 5. The zero-order chi connectivity index (χ0) is 19.1. The molecule has 0 saturated carbocycles. The molecule has 6 nitrogen and oxygen atoms in total. The van der Waals surface area contributed by atoms with Gasteiger partial charge in [-0.1, -0.05) is 23.7 Å². The summed E-state index contributed by atoms with van der Waals surface area (Å²) in [7, 11) is -3.94. The molecule has 1 unspecified atom stereocenters. The van der Waals surface area contributed by atoms with Crippen LogP contribution < -0.4 is 0 Å². The van der Waals surface area contributed by atoms with Gasteiger partial charge < -0.3 is 0 Å². The van der Waals surface area contributed by atoms with Crippen LogP contribution in [0.1, 0.15) is 5.56 Å². The van der Waals surface area contributed by atoms with Crippen LogP contribution in [0.2, 0.25) is 5.02 Å². The normalized spacial score (nSPS) is 14.9. The molecule has 0 aliphatic heterocycles. The molecule has 0 bridgehead atoms. The SMILES string of the molecule is CN(C(F)(c1ccc(Cl)cc1)C(F)F)S(=O)(=O)c1cnc2ncccn12. The van der Waals surface area contributed by atoms with Crippen molar-refractivity contribution in [1.29, 1.82) is 0 Å². The van der Waals surface area contributed by atoms with Gasteiger partial charge in [-0.2, -0.15) is 4.31 Å². The average molecular weight is 405 g/mol. The van der Waals surface area contributed by atoms with Crippen LogP contribution in [-0.4, -0.2) is 40.6 Å². The van der Waals surface area contributed by atoms with Crippen LogP contribution in [0.5, 0.6) is 0 Å². The number of fused-ring (bicyclic) bond motifs is 1. The lowest BCUT2D eigenvalue weighted by molar-refractivity contribution is -0.104. The quantitative estimate of drug-likeness (QED) is 0.613. The van der Waals surface area contributed by atoms with Crippen molar-refractivity contribution in [3.8, 4) is 0 Å². The van der Waals surface area contributed by atoms with Crippen LogP contribution in [0.25, 0.3) is 5.78 Å². The molecule has 1 atom stereocenters. The summed E-state index contributed by atoms with van der Waals surface area (Å²) in [6, 6.07) is 5.86. The highest BCUT2D eigenvalue weighted by molar-refractivity contribution is 7.89. The molecule has 2 aromatic heterocycles. The first kappa shape index (κ1) is 18.6. The van der Waals surface area contributed by atoms with Crippen molar-refractivity contribution in [2.45, 2.75) is 17.2 Å². The van der Waals surface area contributed by atoms with Crippen molar-refractivity contribution in [2.75, 3.05) is 7.05 Å². The Bertz CT molecular complexity index is 1040. The Morgan fingerprint density at radius 3 is 2.50 bits per heavy atom. The third kappa shape index (κ3) is 2.83. The molecule has 3 aromatic rings. The van der Waals surface area contributed by atoms with Crippen molar-refractivity contribution in [2.24, 2.45) is 0 Å².